The zero-order valence-corrected chi connectivity index (χ0v) is 12.1. The maximum atomic E-state index is 3.70. The van der Waals surface area contributed by atoms with Crippen LogP contribution in [0.5, 0.6) is 0 Å². The Morgan fingerprint density at radius 2 is 1.50 bits per heavy atom. The summed E-state index contributed by atoms with van der Waals surface area (Å²) in [6.07, 6.45) is 14.5. The van der Waals surface area contributed by atoms with E-state index < -0.39 is 0 Å². The molecule has 0 aromatic carbocycles. The Balaban J connectivity index is 1.45. The van der Waals surface area contributed by atoms with Gasteiger partial charge in [0.05, 0.1) is 0 Å². The molecule has 0 aromatic rings. The summed E-state index contributed by atoms with van der Waals surface area (Å²) in [5.74, 6) is 0.975. The third kappa shape index (κ3) is 5.71. The van der Waals surface area contributed by atoms with Gasteiger partial charge in [-0.05, 0) is 70.7 Å². The zero-order chi connectivity index (χ0) is 12.5. The van der Waals surface area contributed by atoms with Crippen LogP contribution >= 0.6 is 0 Å². The first kappa shape index (κ1) is 14.3. The second-order valence-corrected chi connectivity index (χ2v) is 6.32. The van der Waals surface area contributed by atoms with E-state index in [0.717, 1.165) is 5.92 Å². The molecule has 2 aliphatic rings. The second kappa shape index (κ2) is 8.92. The van der Waals surface area contributed by atoms with Gasteiger partial charge in [0.1, 0.15) is 0 Å². The Labute approximate surface area is 114 Å². The fraction of sp³-hybridized carbons (Fsp3) is 1.00. The summed E-state index contributed by atoms with van der Waals surface area (Å²) >= 11 is 0. The smallest absolute Gasteiger partial charge is 0.000664 e. The van der Waals surface area contributed by atoms with Crippen LogP contribution in [0, 0.1) is 5.92 Å². The standard InChI is InChI=1S/C16H32N2/c1-2-5-10-16(9-4-1)15-17-11-8-14-18-12-6-3-7-13-18/h16-17H,1-15H2. The minimum atomic E-state index is 0.975. The first-order chi connectivity index (χ1) is 8.95. The van der Waals surface area contributed by atoms with Crippen LogP contribution in [-0.4, -0.2) is 37.6 Å². The predicted octanol–water partition coefficient (Wildman–Crippen LogP) is 3.42. The Bertz CT molecular complexity index is 191. The third-order valence-corrected chi connectivity index (χ3v) is 4.68. The van der Waals surface area contributed by atoms with Crippen molar-refractivity contribution in [1.29, 1.82) is 0 Å². The van der Waals surface area contributed by atoms with Gasteiger partial charge in [-0.2, -0.15) is 0 Å². The molecule has 2 fully saturated rings. The van der Waals surface area contributed by atoms with Crippen LogP contribution in [0.15, 0.2) is 0 Å². The molecule has 0 radical (unpaired) electrons. The minimum absolute atomic E-state index is 0.975. The van der Waals surface area contributed by atoms with Crippen molar-refractivity contribution in [3.63, 3.8) is 0 Å². The average Bonchev–Trinajstić information content (AvgIpc) is 2.68. The Hall–Kier alpha value is -0.0800. The largest absolute Gasteiger partial charge is 0.316 e. The Morgan fingerprint density at radius 1 is 0.833 bits per heavy atom. The van der Waals surface area contributed by atoms with Crippen molar-refractivity contribution < 1.29 is 0 Å². The summed E-state index contributed by atoms with van der Waals surface area (Å²) in [7, 11) is 0. The van der Waals surface area contributed by atoms with Crippen molar-refractivity contribution in [2.24, 2.45) is 5.92 Å². The minimum Gasteiger partial charge on any atom is -0.316 e. The van der Waals surface area contributed by atoms with E-state index in [1.165, 1.54) is 96.9 Å². The van der Waals surface area contributed by atoms with Crippen LogP contribution < -0.4 is 5.32 Å². The normalized spacial score (nSPS) is 24.0. The van der Waals surface area contributed by atoms with Gasteiger partial charge in [-0.3, -0.25) is 0 Å². The van der Waals surface area contributed by atoms with Crippen LogP contribution in [0.25, 0.3) is 0 Å². The topological polar surface area (TPSA) is 15.3 Å². The molecule has 0 unspecified atom stereocenters. The lowest BCUT2D eigenvalue weighted by atomic mass is 10.0. The lowest BCUT2D eigenvalue weighted by Crippen LogP contribution is -2.33. The molecule has 0 spiro atoms. The van der Waals surface area contributed by atoms with Gasteiger partial charge in [0.25, 0.3) is 0 Å². The highest BCUT2D eigenvalue weighted by molar-refractivity contribution is 4.68. The number of nitrogens with one attached hydrogen (secondary N) is 1. The summed E-state index contributed by atoms with van der Waals surface area (Å²) in [4.78, 5) is 2.65. The summed E-state index contributed by atoms with van der Waals surface area (Å²) in [5.41, 5.74) is 0. The maximum Gasteiger partial charge on any atom is -0.000664 e. The van der Waals surface area contributed by atoms with E-state index >= 15 is 0 Å². The van der Waals surface area contributed by atoms with Gasteiger partial charge in [-0.25, -0.2) is 0 Å². The van der Waals surface area contributed by atoms with Crippen molar-refractivity contribution in [2.75, 3.05) is 32.7 Å². The SMILES string of the molecule is C1CCCC(CNCCCN2CCCCC2)CC1. The monoisotopic (exact) mass is 252 g/mol. The molecule has 106 valence electrons. The van der Waals surface area contributed by atoms with Crippen LogP contribution in [0.4, 0.5) is 0 Å². The van der Waals surface area contributed by atoms with Crippen molar-refractivity contribution >= 4 is 0 Å². The van der Waals surface area contributed by atoms with Gasteiger partial charge in [-0.1, -0.05) is 32.1 Å². The van der Waals surface area contributed by atoms with Crippen LogP contribution in [0.3, 0.4) is 0 Å². The molecule has 18 heavy (non-hydrogen) atoms. The number of nitrogens with zero attached hydrogens (tertiary/aromatic N) is 1. The molecule has 0 atom stereocenters. The summed E-state index contributed by atoms with van der Waals surface area (Å²) in [5, 5.41) is 3.70. The second-order valence-electron chi connectivity index (χ2n) is 6.32. The lowest BCUT2D eigenvalue weighted by Gasteiger charge is -2.26. The molecule has 0 aromatic heterocycles. The molecule has 1 aliphatic carbocycles. The summed E-state index contributed by atoms with van der Waals surface area (Å²) in [6.45, 7) is 6.52. The molecule has 2 rings (SSSR count). The number of rotatable bonds is 6. The van der Waals surface area contributed by atoms with Gasteiger partial charge < -0.3 is 10.2 Å². The fourth-order valence-electron chi connectivity index (χ4n) is 3.48. The molecule has 1 saturated carbocycles. The highest BCUT2D eigenvalue weighted by Crippen LogP contribution is 2.21. The summed E-state index contributed by atoms with van der Waals surface area (Å²) < 4.78 is 0. The first-order valence-electron chi connectivity index (χ1n) is 8.38. The molecule has 1 heterocycles. The van der Waals surface area contributed by atoms with E-state index in [1.807, 2.05) is 0 Å². The molecule has 1 saturated heterocycles. The van der Waals surface area contributed by atoms with Crippen LogP contribution in [-0.2, 0) is 0 Å². The maximum absolute atomic E-state index is 3.70. The fourth-order valence-corrected chi connectivity index (χ4v) is 3.48. The molecule has 0 bridgehead atoms. The van der Waals surface area contributed by atoms with Crippen molar-refractivity contribution in [1.82, 2.24) is 10.2 Å². The lowest BCUT2D eigenvalue weighted by molar-refractivity contribution is 0.225. The average molecular weight is 252 g/mol. The predicted molar refractivity (Wildman–Crippen MR) is 79.0 cm³/mol. The van der Waals surface area contributed by atoms with Gasteiger partial charge in [0, 0.05) is 0 Å². The van der Waals surface area contributed by atoms with E-state index in [1.54, 1.807) is 0 Å². The highest BCUT2D eigenvalue weighted by atomic mass is 15.1. The molecule has 2 nitrogen and oxygen atoms in total. The third-order valence-electron chi connectivity index (χ3n) is 4.68. The number of likely N-dealkylation sites (tertiary alicyclic amines) is 1. The van der Waals surface area contributed by atoms with Crippen molar-refractivity contribution in [3.8, 4) is 0 Å². The Kier molecular flexibility index (Phi) is 7.11. The van der Waals surface area contributed by atoms with Gasteiger partial charge in [0.15, 0.2) is 0 Å². The zero-order valence-electron chi connectivity index (χ0n) is 12.1. The van der Waals surface area contributed by atoms with E-state index in [-0.39, 0.29) is 0 Å². The molecule has 1 N–H and O–H groups in total. The van der Waals surface area contributed by atoms with Gasteiger partial charge >= 0.3 is 0 Å². The molecule has 0 amide bonds. The van der Waals surface area contributed by atoms with E-state index in [0.29, 0.717) is 0 Å². The molecule has 1 aliphatic heterocycles. The van der Waals surface area contributed by atoms with E-state index in [4.69, 9.17) is 0 Å². The van der Waals surface area contributed by atoms with Crippen molar-refractivity contribution in [3.05, 3.63) is 0 Å². The highest BCUT2D eigenvalue weighted by Gasteiger charge is 2.12. The van der Waals surface area contributed by atoms with Crippen LogP contribution in [0.2, 0.25) is 0 Å². The number of piperidine rings is 1. The van der Waals surface area contributed by atoms with Crippen molar-refractivity contribution in [2.45, 2.75) is 64.2 Å². The van der Waals surface area contributed by atoms with E-state index in [9.17, 15) is 0 Å². The first-order valence-corrected chi connectivity index (χ1v) is 8.38. The number of hydrogen-bond donors (Lipinski definition) is 1. The number of hydrogen-bond acceptors (Lipinski definition) is 2. The molecular formula is C16H32N2. The quantitative estimate of drug-likeness (QED) is 0.575. The Morgan fingerprint density at radius 3 is 2.22 bits per heavy atom. The van der Waals surface area contributed by atoms with Gasteiger partial charge in [-0.15, -0.1) is 0 Å². The van der Waals surface area contributed by atoms with Crippen LogP contribution in [0.1, 0.15) is 64.2 Å². The molecular weight excluding hydrogens is 220 g/mol. The molecule has 2 heteroatoms. The van der Waals surface area contributed by atoms with E-state index in [2.05, 4.69) is 10.2 Å². The van der Waals surface area contributed by atoms with Gasteiger partial charge in [0.2, 0.25) is 0 Å². The summed E-state index contributed by atoms with van der Waals surface area (Å²) in [6, 6.07) is 0.